The van der Waals surface area contributed by atoms with E-state index in [2.05, 4.69) is 4.90 Å². The Morgan fingerprint density at radius 1 is 1.45 bits per heavy atom. The first-order valence-corrected chi connectivity index (χ1v) is 6.98. The molecule has 1 aromatic rings. The predicted molar refractivity (Wildman–Crippen MR) is 80.6 cm³/mol. The fourth-order valence-electron chi connectivity index (χ4n) is 2.75. The van der Waals surface area contributed by atoms with Crippen molar-refractivity contribution in [3.8, 4) is 5.75 Å². The molecular formula is C15H23N3O2. The summed E-state index contributed by atoms with van der Waals surface area (Å²) < 4.78 is 5.26. The molecule has 1 aromatic carbocycles. The first-order chi connectivity index (χ1) is 9.52. The molecule has 1 saturated heterocycles. The molecule has 2 rings (SSSR count). The Labute approximate surface area is 119 Å². The summed E-state index contributed by atoms with van der Waals surface area (Å²) in [5.74, 6) is 1.19. The standard InChI is InChI=1S/C15H23N3O2/c1-10(19)11-5-7-18(8-6-11)14-9-12(20-2)3-4-13(14)15(16)17/h3-4,9-11,19H,5-8H2,1-2H3,(H3,16,17). The van der Waals surface area contributed by atoms with Crippen LogP contribution in [0.4, 0.5) is 5.69 Å². The molecule has 20 heavy (non-hydrogen) atoms. The monoisotopic (exact) mass is 277 g/mol. The van der Waals surface area contributed by atoms with Crippen LogP contribution in [0.25, 0.3) is 0 Å². The highest BCUT2D eigenvalue weighted by atomic mass is 16.5. The van der Waals surface area contributed by atoms with Gasteiger partial charge in [-0.15, -0.1) is 0 Å². The molecule has 1 unspecified atom stereocenters. The average molecular weight is 277 g/mol. The van der Waals surface area contributed by atoms with Crippen molar-refractivity contribution in [3.05, 3.63) is 23.8 Å². The summed E-state index contributed by atoms with van der Waals surface area (Å²) in [6.45, 7) is 3.58. The van der Waals surface area contributed by atoms with Crippen molar-refractivity contribution >= 4 is 11.5 Å². The van der Waals surface area contributed by atoms with Gasteiger partial charge >= 0.3 is 0 Å². The SMILES string of the molecule is COc1ccc(C(=N)N)c(N2CCC(C(C)O)CC2)c1. The van der Waals surface area contributed by atoms with E-state index in [1.54, 1.807) is 7.11 Å². The number of benzene rings is 1. The van der Waals surface area contributed by atoms with Crippen molar-refractivity contribution in [2.24, 2.45) is 11.7 Å². The maximum absolute atomic E-state index is 9.67. The summed E-state index contributed by atoms with van der Waals surface area (Å²) in [5, 5.41) is 17.4. The van der Waals surface area contributed by atoms with Crippen molar-refractivity contribution in [2.75, 3.05) is 25.1 Å². The minimum absolute atomic E-state index is 0.0697. The van der Waals surface area contributed by atoms with E-state index < -0.39 is 0 Å². The van der Waals surface area contributed by atoms with E-state index in [4.69, 9.17) is 15.9 Å². The van der Waals surface area contributed by atoms with E-state index in [0.717, 1.165) is 42.9 Å². The highest BCUT2D eigenvalue weighted by molar-refractivity contribution is 6.00. The van der Waals surface area contributed by atoms with Gasteiger partial charge in [0.25, 0.3) is 0 Å². The molecule has 0 amide bonds. The number of aliphatic hydroxyl groups is 1. The third-order valence-corrected chi connectivity index (χ3v) is 4.06. The van der Waals surface area contributed by atoms with Crippen molar-refractivity contribution in [2.45, 2.75) is 25.9 Å². The zero-order valence-electron chi connectivity index (χ0n) is 12.1. The average Bonchev–Trinajstić information content (AvgIpc) is 2.46. The van der Waals surface area contributed by atoms with Crippen molar-refractivity contribution < 1.29 is 9.84 Å². The van der Waals surface area contributed by atoms with E-state index >= 15 is 0 Å². The smallest absolute Gasteiger partial charge is 0.124 e. The second kappa shape index (κ2) is 6.13. The highest BCUT2D eigenvalue weighted by Gasteiger charge is 2.24. The second-order valence-corrected chi connectivity index (χ2v) is 5.36. The van der Waals surface area contributed by atoms with Crippen LogP contribution in [0, 0.1) is 11.3 Å². The quantitative estimate of drug-likeness (QED) is 0.576. The van der Waals surface area contributed by atoms with Crippen LogP contribution in [0.2, 0.25) is 0 Å². The van der Waals surface area contributed by atoms with Crippen molar-refractivity contribution in [1.82, 2.24) is 0 Å². The number of rotatable bonds is 4. The molecule has 0 aliphatic carbocycles. The third kappa shape index (κ3) is 3.04. The molecule has 1 fully saturated rings. The summed E-state index contributed by atoms with van der Waals surface area (Å²) in [4.78, 5) is 2.22. The molecule has 0 saturated carbocycles. The van der Waals surface area contributed by atoms with E-state index in [1.807, 2.05) is 25.1 Å². The van der Waals surface area contributed by atoms with Gasteiger partial charge in [0.2, 0.25) is 0 Å². The number of hydrogen-bond donors (Lipinski definition) is 3. The van der Waals surface area contributed by atoms with Crippen LogP contribution in [-0.4, -0.2) is 37.2 Å². The molecule has 5 nitrogen and oxygen atoms in total. The lowest BCUT2D eigenvalue weighted by molar-refractivity contribution is 0.110. The largest absolute Gasteiger partial charge is 0.497 e. The van der Waals surface area contributed by atoms with Crippen LogP contribution in [0.15, 0.2) is 18.2 Å². The summed E-state index contributed by atoms with van der Waals surface area (Å²) in [5.41, 5.74) is 7.35. The van der Waals surface area contributed by atoms with E-state index in [9.17, 15) is 5.11 Å². The fourth-order valence-corrected chi connectivity index (χ4v) is 2.75. The minimum Gasteiger partial charge on any atom is -0.497 e. The van der Waals surface area contributed by atoms with Crippen LogP contribution in [0.1, 0.15) is 25.3 Å². The van der Waals surface area contributed by atoms with Gasteiger partial charge in [-0.05, 0) is 37.8 Å². The summed E-state index contributed by atoms with van der Waals surface area (Å²) in [6, 6.07) is 5.58. The van der Waals surface area contributed by atoms with Crippen molar-refractivity contribution in [1.29, 1.82) is 5.41 Å². The first kappa shape index (κ1) is 14.7. The van der Waals surface area contributed by atoms with Gasteiger partial charge in [0.15, 0.2) is 0 Å². The number of nitrogens with one attached hydrogen (secondary N) is 1. The molecule has 1 heterocycles. The molecule has 0 radical (unpaired) electrons. The summed E-state index contributed by atoms with van der Waals surface area (Å²) in [7, 11) is 1.63. The number of piperidine rings is 1. The Morgan fingerprint density at radius 2 is 2.10 bits per heavy atom. The number of methoxy groups -OCH3 is 1. The lowest BCUT2D eigenvalue weighted by atomic mass is 9.91. The number of amidine groups is 1. The Kier molecular flexibility index (Phi) is 4.49. The molecule has 0 bridgehead atoms. The summed E-state index contributed by atoms with van der Waals surface area (Å²) >= 11 is 0. The van der Waals surface area contributed by atoms with Gasteiger partial charge in [0.05, 0.1) is 18.9 Å². The van der Waals surface area contributed by atoms with E-state index in [1.165, 1.54) is 0 Å². The number of anilines is 1. The van der Waals surface area contributed by atoms with Crippen LogP contribution < -0.4 is 15.4 Å². The molecule has 1 atom stereocenters. The number of nitrogens with two attached hydrogens (primary N) is 1. The van der Waals surface area contributed by atoms with Gasteiger partial charge in [-0.2, -0.15) is 0 Å². The van der Waals surface area contributed by atoms with Crippen LogP contribution in [0.5, 0.6) is 5.75 Å². The molecule has 5 heteroatoms. The Balaban J connectivity index is 2.21. The molecule has 4 N–H and O–H groups in total. The van der Waals surface area contributed by atoms with Gasteiger partial charge in [-0.25, -0.2) is 0 Å². The zero-order chi connectivity index (χ0) is 14.7. The second-order valence-electron chi connectivity index (χ2n) is 5.36. The molecule has 0 spiro atoms. The van der Waals surface area contributed by atoms with E-state index in [-0.39, 0.29) is 11.9 Å². The molecule has 110 valence electrons. The Morgan fingerprint density at radius 3 is 2.60 bits per heavy atom. The predicted octanol–water partition coefficient (Wildman–Crippen LogP) is 1.58. The number of ether oxygens (including phenoxy) is 1. The molecular weight excluding hydrogens is 254 g/mol. The molecule has 1 aliphatic rings. The third-order valence-electron chi connectivity index (χ3n) is 4.06. The van der Waals surface area contributed by atoms with Crippen LogP contribution in [0.3, 0.4) is 0 Å². The Hall–Kier alpha value is -1.75. The lowest BCUT2D eigenvalue weighted by Gasteiger charge is -2.35. The maximum Gasteiger partial charge on any atom is 0.124 e. The van der Waals surface area contributed by atoms with Gasteiger partial charge in [0.1, 0.15) is 11.6 Å². The van der Waals surface area contributed by atoms with Gasteiger partial charge in [0, 0.05) is 24.7 Å². The number of hydrogen-bond acceptors (Lipinski definition) is 4. The Bertz CT molecular complexity index is 480. The number of nitrogen functional groups attached to an aromatic ring is 1. The van der Waals surface area contributed by atoms with Gasteiger partial charge < -0.3 is 20.5 Å². The van der Waals surface area contributed by atoms with Crippen molar-refractivity contribution in [3.63, 3.8) is 0 Å². The van der Waals surface area contributed by atoms with Crippen LogP contribution in [-0.2, 0) is 0 Å². The number of nitrogens with zero attached hydrogens (tertiary/aromatic N) is 1. The normalized spacial score (nSPS) is 17.9. The lowest BCUT2D eigenvalue weighted by Crippen LogP contribution is -2.38. The molecule has 0 aromatic heterocycles. The highest BCUT2D eigenvalue weighted by Crippen LogP contribution is 2.30. The minimum atomic E-state index is -0.255. The maximum atomic E-state index is 9.67. The van der Waals surface area contributed by atoms with Gasteiger partial charge in [-0.3, -0.25) is 5.41 Å². The zero-order valence-corrected chi connectivity index (χ0v) is 12.1. The fraction of sp³-hybridized carbons (Fsp3) is 0.533. The first-order valence-electron chi connectivity index (χ1n) is 6.98. The van der Waals surface area contributed by atoms with Crippen LogP contribution >= 0.6 is 0 Å². The topological polar surface area (TPSA) is 82.6 Å². The molecule has 1 aliphatic heterocycles. The van der Waals surface area contributed by atoms with E-state index in [0.29, 0.717) is 5.92 Å². The number of aliphatic hydroxyl groups excluding tert-OH is 1. The van der Waals surface area contributed by atoms with Gasteiger partial charge in [-0.1, -0.05) is 0 Å². The summed E-state index contributed by atoms with van der Waals surface area (Å²) in [6.07, 6.45) is 1.65.